The second kappa shape index (κ2) is 11.3. The van der Waals surface area contributed by atoms with Crippen molar-refractivity contribution >= 4 is 17.5 Å². The molecule has 182 valence electrons. The second-order valence-electron chi connectivity index (χ2n) is 8.60. The van der Waals surface area contributed by atoms with Gasteiger partial charge in [-0.3, -0.25) is 14.2 Å². The lowest BCUT2D eigenvalue weighted by Crippen LogP contribution is -2.39. The average Bonchev–Trinajstić information content (AvgIpc) is 2.81. The second-order valence-corrected chi connectivity index (χ2v) is 8.60. The van der Waals surface area contributed by atoms with Crippen LogP contribution in [0.3, 0.4) is 0 Å². The zero-order valence-corrected chi connectivity index (χ0v) is 19.7. The number of aliphatic hydroxyl groups excluding tert-OH is 1. The highest BCUT2D eigenvalue weighted by Gasteiger charge is 2.17. The highest BCUT2D eigenvalue weighted by atomic mass is 16.4. The number of carbonyl (C=O) groups is 2. The highest BCUT2D eigenvalue weighted by molar-refractivity contribution is 6.38. The number of aromatic amines is 1. The monoisotopic (exact) mass is 476 g/mol. The summed E-state index contributed by atoms with van der Waals surface area (Å²) in [4.78, 5) is 50.6. The Hall–Kier alpha value is -4.20. The lowest BCUT2D eigenvalue weighted by Gasteiger charge is -2.15. The predicted molar refractivity (Wildman–Crippen MR) is 133 cm³/mol. The number of nitrogens with zero attached hydrogens (tertiary/aromatic N) is 1. The third kappa shape index (κ3) is 6.44. The van der Waals surface area contributed by atoms with Gasteiger partial charge in [0.05, 0.1) is 0 Å². The average molecular weight is 477 g/mol. The van der Waals surface area contributed by atoms with Crippen molar-refractivity contribution in [2.75, 3.05) is 0 Å². The predicted octanol–water partition coefficient (Wildman–Crippen LogP) is 3.44. The smallest absolute Gasteiger partial charge is 0.376 e. The molecule has 3 N–H and O–H groups in total. The van der Waals surface area contributed by atoms with E-state index in [0.29, 0.717) is 42.2 Å². The molecular weight excluding hydrogens is 448 g/mol. The van der Waals surface area contributed by atoms with E-state index in [1.165, 1.54) is 4.57 Å². The van der Waals surface area contributed by atoms with Gasteiger partial charge < -0.3 is 15.2 Å². The molecule has 0 aliphatic carbocycles. The Kier molecular flexibility index (Phi) is 8.20. The van der Waals surface area contributed by atoms with Gasteiger partial charge in [0, 0.05) is 35.9 Å². The van der Waals surface area contributed by atoms with Crippen molar-refractivity contribution in [2.24, 2.45) is 0 Å². The Labute approximate surface area is 202 Å². The molecule has 1 aromatic heterocycles. The van der Waals surface area contributed by atoms with E-state index in [-0.39, 0.29) is 18.0 Å². The Morgan fingerprint density at radius 1 is 0.971 bits per heavy atom. The van der Waals surface area contributed by atoms with E-state index in [0.717, 1.165) is 11.1 Å². The van der Waals surface area contributed by atoms with Crippen LogP contribution >= 0.6 is 0 Å². The first kappa shape index (κ1) is 25.4. The molecule has 0 aliphatic rings. The van der Waals surface area contributed by atoms with E-state index in [4.69, 9.17) is 5.11 Å². The fourth-order valence-electron chi connectivity index (χ4n) is 3.92. The van der Waals surface area contributed by atoms with Crippen LogP contribution in [-0.4, -0.2) is 31.5 Å². The first-order chi connectivity index (χ1) is 16.7. The molecule has 0 amide bonds. The number of carboxylic acids is 1. The minimum atomic E-state index is -1.65. The Balaban J connectivity index is 1.73. The normalized spacial score (nSPS) is 11.6. The molecule has 2 aromatic carbocycles. The van der Waals surface area contributed by atoms with E-state index < -0.39 is 23.2 Å². The van der Waals surface area contributed by atoms with Crippen LogP contribution in [0.4, 0.5) is 0 Å². The molecule has 0 spiro atoms. The molecule has 0 atom stereocenters. The molecule has 0 fully saturated rings. The molecule has 35 heavy (non-hydrogen) atoms. The van der Waals surface area contributed by atoms with Crippen molar-refractivity contribution < 1.29 is 19.8 Å². The van der Waals surface area contributed by atoms with Crippen LogP contribution in [-0.2, 0) is 29.0 Å². The lowest BCUT2D eigenvalue weighted by molar-refractivity contribution is -0.146. The number of aryl methyl sites for hydroxylation is 1. The molecule has 3 rings (SSSR count). The molecule has 8 heteroatoms. The van der Waals surface area contributed by atoms with Crippen molar-refractivity contribution in [3.05, 3.63) is 109 Å². The van der Waals surface area contributed by atoms with E-state index >= 15 is 0 Å². The van der Waals surface area contributed by atoms with Crippen LogP contribution in [0.1, 0.15) is 54.1 Å². The summed E-state index contributed by atoms with van der Waals surface area (Å²) in [6, 6.07) is 16.3. The molecule has 0 unspecified atom stereocenters. The maximum absolute atomic E-state index is 13.2. The van der Waals surface area contributed by atoms with Gasteiger partial charge in [0.1, 0.15) is 5.76 Å². The fourth-order valence-corrected chi connectivity index (χ4v) is 3.92. The molecule has 8 nitrogen and oxygen atoms in total. The molecule has 0 radical (unpaired) electrons. The number of H-pyrrole nitrogens is 1. The number of ketones is 1. The Bertz CT molecular complexity index is 1350. The van der Waals surface area contributed by atoms with Crippen molar-refractivity contribution in [2.45, 2.75) is 45.6 Å². The minimum Gasteiger partial charge on any atom is -0.507 e. The van der Waals surface area contributed by atoms with Gasteiger partial charge in [0.25, 0.3) is 11.3 Å². The third-order valence-corrected chi connectivity index (χ3v) is 5.68. The molecule has 0 saturated heterocycles. The van der Waals surface area contributed by atoms with Crippen molar-refractivity contribution in [1.29, 1.82) is 0 Å². The van der Waals surface area contributed by atoms with Crippen molar-refractivity contribution in [3.63, 3.8) is 0 Å². The van der Waals surface area contributed by atoms with Crippen LogP contribution < -0.4 is 11.2 Å². The summed E-state index contributed by atoms with van der Waals surface area (Å²) in [5, 5.41) is 18.5. The first-order valence-electron chi connectivity index (χ1n) is 11.3. The van der Waals surface area contributed by atoms with Gasteiger partial charge in [0.2, 0.25) is 0 Å². The number of aliphatic carboxylic acids is 1. The molecule has 3 aromatic rings. The number of rotatable bonds is 10. The van der Waals surface area contributed by atoms with Crippen LogP contribution in [0.5, 0.6) is 0 Å². The topological polar surface area (TPSA) is 129 Å². The maximum Gasteiger partial charge on any atom is 0.376 e. The molecular formula is C27H28N2O6. The number of aromatic nitrogens is 2. The maximum atomic E-state index is 13.2. The molecule has 0 aliphatic heterocycles. The Morgan fingerprint density at radius 2 is 1.63 bits per heavy atom. The van der Waals surface area contributed by atoms with Gasteiger partial charge in [-0.25, -0.2) is 9.59 Å². The largest absolute Gasteiger partial charge is 0.507 e. The summed E-state index contributed by atoms with van der Waals surface area (Å²) in [7, 11) is 0. The first-order valence-corrected chi connectivity index (χ1v) is 11.3. The number of benzene rings is 2. The van der Waals surface area contributed by atoms with E-state index in [9.17, 15) is 24.3 Å². The van der Waals surface area contributed by atoms with Gasteiger partial charge in [-0.2, -0.15) is 0 Å². The lowest BCUT2D eigenvalue weighted by atomic mass is 9.98. The number of nitrogens with one attached hydrogen (secondary N) is 1. The van der Waals surface area contributed by atoms with E-state index in [2.05, 4.69) is 4.98 Å². The van der Waals surface area contributed by atoms with Crippen LogP contribution in [0.15, 0.2) is 70.3 Å². The van der Waals surface area contributed by atoms with Gasteiger partial charge >= 0.3 is 11.7 Å². The van der Waals surface area contributed by atoms with Crippen molar-refractivity contribution in [1.82, 2.24) is 9.55 Å². The van der Waals surface area contributed by atoms with Gasteiger partial charge in [-0.05, 0) is 29.9 Å². The molecule has 0 saturated carbocycles. The van der Waals surface area contributed by atoms with Gasteiger partial charge in [-0.1, -0.05) is 68.4 Å². The number of carbonyl (C=O) groups excluding carboxylic acids is 1. The third-order valence-electron chi connectivity index (χ3n) is 5.68. The van der Waals surface area contributed by atoms with Crippen LogP contribution in [0, 0.1) is 0 Å². The summed E-state index contributed by atoms with van der Waals surface area (Å²) in [6.07, 6.45) is 2.25. The zero-order valence-electron chi connectivity index (χ0n) is 19.7. The quantitative estimate of drug-likeness (QED) is 0.234. The van der Waals surface area contributed by atoms with Gasteiger partial charge in [0.15, 0.2) is 0 Å². The Morgan fingerprint density at radius 3 is 2.23 bits per heavy atom. The van der Waals surface area contributed by atoms with Crippen LogP contribution in [0.25, 0.3) is 5.76 Å². The number of carboxylic acid groups (broad SMARTS) is 1. The number of hydrogen-bond acceptors (Lipinski definition) is 5. The number of hydrogen-bond donors (Lipinski definition) is 3. The van der Waals surface area contributed by atoms with Gasteiger partial charge in [-0.15, -0.1) is 0 Å². The summed E-state index contributed by atoms with van der Waals surface area (Å²) >= 11 is 0. The van der Waals surface area contributed by atoms with E-state index in [1.54, 1.807) is 24.3 Å². The summed E-state index contributed by atoms with van der Waals surface area (Å²) in [6.45, 7) is 4.12. The highest BCUT2D eigenvalue weighted by Crippen LogP contribution is 2.17. The minimum absolute atomic E-state index is 0.0504. The summed E-state index contributed by atoms with van der Waals surface area (Å²) < 4.78 is 1.24. The summed E-state index contributed by atoms with van der Waals surface area (Å²) in [5.41, 5.74) is 2.77. The molecule has 1 heterocycles. The molecule has 0 bridgehead atoms. The zero-order chi connectivity index (χ0) is 25.5. The summed E-state index contributed by atoms with van der Waals surface area (Å²) in [5.74, 6) is -3.34. The number of aliphatic hydroxyl groups is 1. The standard InChI is InChI=1S/C27H28N2O6/c1-17(2)24-21(15-19-7-4-3-5-8-19)28-27(35)29(25(24)32)14-6-9-18-10-12-20(13-11-18)22(30)16-23(31)26(33)34/h3-5,7-8,10-13,16-17,30H,6,9,14-15H2,1-2H3,(H,28,35)(H,33,34). The van der Waals surface area contributed by atoms with Crippen LogP contribution in [0.2, 0.25) is 0 Å². The fraction of sp³-hybridized carbons (Fsp3) is 0.259. The van der Waals surface area contributed by atoms with E-state index in [1.807, 2.05) is 44.2 Å². The van der Waals surface area contributed by atoms with Crippen molar-refractivity contribution in [3.8, 4) is 0 Å². The SMILES string of the molecule is CC(C)c1c(Cc2ccccc2)[nH]c(=O)n(CCCc2ccc(C(O)=CC(=O)C(=O)O)cc2)c1=O.